The molecule has 0 radical (unpaired) electrons. The van der Waals surface area contributed by atoms with Gasteiger partial charge in [0.15, 0.2) is 6.61 Å². The summed E-state index contributed by atoms with van der Waals surface area (Å²) in [6, 6.07) is 15.3. The van der Waals surface area contributed by atoms with Gasteiger partial charge >= 0.3 is 6.03 Å². The maximum Gasteiger partial charge on any atom is 0.319 e. The normalized spacial score (nSPS) is 16.9. The van der Waals surface area contributed by atoms with Crippen molar-refractivity contribution in [1.82, 2.24) is 5.32 Å². The molecule has 2 N–H and O–H groups in total. The maximum absolute atomic E-state index is 12.5. The molecule has 1 fully saturated rings. The van der Waals surface area contributed by atoms with Gasteiger partial charge in [-0.25, -0.2) is 4.79 Å². The summed E-state index contributed by atoms with van der Waals surface area (Å²) in [5, 5.41) is 5.94. The van der Waals surface area contributed by atoms with Crippen LogP contribution in [-0.4, -0.2) is 24.6 Å². The van der Waals surface area contributed by atoms with Crippen LogP contribution < -0.4 is 20.3 Å². The number of hydrogen-bond donors (Lipinski definition) is 2. The lowest BCUT2D eigenvalue weighted by Gasteiger charge is -2.30. The summed E-state index contributed by atoms with van der Waals surface area (Å²) in [5.74, 6) is 0.550. The van der Waals surface area contributed by atoms with E-state index >= 15 is 0 Å². The number of hydrogen-bond acceptors (Lipinski definition) is 3. The molecule has 1 aliphatic carbocycles. The number of anilines is 2. The van der Waals surface area contributed by atoms with Crippen molar-refractivity contribution in [3.63, 3.8) is 0 Å². The van der Waals surface area contributed by atoms with E-state index in [1.165, 1.54) is 6.42 Å². The molecule has 1 heterocycles. The van der Waals surface area contributed by atoms with Crippen LogP contribution >= 0.6 is 0 Å². The Labute approximate surface area is 164 Å². The van der Waals surface area contributed by atoms with E-state index < -0.39 is 0 Å². The molecule has 2 aliphatic rings. The van der Waals surface area contributed by atoms with Crippen LogP contribution in [0.2, 0.25) is 0 Å². The average molecular weight is 379 g/mol. The standard InChI is InChI=1S/C22H25N3O3/c26-21-15-28-20-12-11-18(24-22(27)23-17-9-5-2-6-10-17)13-19(20)25(21)14-16-7-3-1-4-8-16/h1,3-4,7-8,11-13,17H,2,5-6,9-10,14-15H2,(H2,23,24,27). The van der Waals surface area contributed by atoms with Gasteiger partial charge in [0.25, 0.3) is 5.91 Å². The third-order valence-corrected chi connectivity index (χ3v) is 5.28. The van der Waals surface area contributed by atoms with E-state index in [0.29, 0.717) is 23.7 Å². The third-order valence-electron chi connectivity index (χ3n) is 5.28. The second-order valence-corrected chi connectivity index (χ2v) is 7.37. The fourth-order valence-corrected chi connectivity index (χ4v) is 3.82. The van der Waals surface area contributed by atoms with Crippen molar-refractivity contribution < 1.29 is 14.3 Å². The molecule has 1 saturated carbocycles. The van der Waals surface area contributed by atoms with E-state index in [9.17, 15) is 9.59 Å². The van der Waals surface area contributed by atoms with Crippen molar-refractivity contribution in [2.24, 2.45) is 0 Å². The lowest BCUT2D eigenvalue weighted by Crippen LogP contribution is -2.39. The molecule has 0 aromatic heterocycles. The van der Waals surface area contributed by atoms with E-state index in [1.807, 2.05) is 30.3 Å². The number of amides is 3. The number of carbonyl (C=O) groups is 2. The van der Waals surface area contributed by atoms with Gasteiger partial charge in [0, 0.05) is 11.7 Å². The van der Waals surface area contributed by atoms with Crippen LogP contribution in [-0.2, 0) is 11.3 Å². The van der Waals surface area contributed by atoms with Crippen LogP contribution in [0.1, 0.15) is 37.7 Å². The minimum absolute atomic E-state index is 0.0226. The number of nitrogens with zero attached hydrogens (tertiary/aromatic N) is 1. The Kier molecular flexibility index (Phi) is 5.46. The first-order valence-corrected chi connectivity index (χ1v) is 9.88. The fourth-order valence-electron chi connectivity index (χ4n) is 3.82. The number of fused-ring (bicyclic) bond motifs is 1. The van der Waals surface area contributed by atoms with E-state index in [4.69, 9.17) is 4.74 Å². The summed E-state index contributed by atoms with van der Waals surface area (Å²) in [5.41, 5.74) is 2.36. The third kappa shape index (κ3) is 4.27. The molecule has 28 heavy (non-hydrogen) atoms. The van der Waals surface area contributed by atoms with Gasteiger partial charge in [-0.05, 0) is 36.6 Å². The molecule has 0 unspecified atom stereocenters. The first kappa shape index (κ1) is 18.3. The quantitative estimate of drug-likeness (QED) is 0.841. The number of urea groups is 1. The van der Waals surface area contributed by atoms with Gasteiger partial charge in [-0.3, -0.25) is 4.79 Å². The lowest BCUT2D eigenvalue weighted by molar-refractivity contribution is -0.121. The zero-order valence-electron chi connectivity index (χ0n) is 15.8. The molecule has 0 bridgehead atoms. The Morgan fingerprint density at radius 3 is 2.64 bits per heavy atom. The Bertz CT molecular complexity index is 847. The summed E-state index contributed by atoms with van der Waals surface area (Å²) >= 11 is 0. The predicted octanol–water partition coefficient (Wildman–Crippen LogP) is 4.07. The first-order valence-electron chi connectivity index (χ1n) is 9.88. The Hall–Kier alpha value is -3.02. The number of nitrogens with one attached hydrogen (secondary N) is 2. The highest BCUT2D eigenvalue weighted by Gasteiger charge is 2.26. The van der Waals surface area contributed by atoms with Crippen LogP contribution in [0.3, 0.4) is 0 Å². The lowest BCUT2D eigenvalue weighted by atomic mass is 9.96. The number of ether oxygens (including phenoxy) is 1. The smallest absolute Gasteiger partial charge is 0.319 e. The minimum atomic E-state index is -0.204. The van der Waals surface area contributed by atoms with Crippen molar-refractivity contribution in [1.29, 1.82) is 0 Å². The van der Waals surface area contributed by atoms with Crippen molar-refractivity contribution >= 4 is 23.3 Å². The van der Waals surface area contributed by atoms with Crippen molar-refractivity contribution in [2.75, 3.05) is 16.8 Å². The summed E-state index contributed by atoms with van der Waals surface area (Å²) < 4.78 is 5.57. The van der Waals surface area contributed by atoms with Crippen LogP contribution in [0.15, 0.2) is 48.5 Å². The molecule has 3 amide bonds. The molecule has 0 spiro atoms. The second-order valence-electron chi connectivity index (χ2n) is 7.37. The maximum atomic E-state index is 12.5. The molecular weight excluding hydrogens is 354 g/mol. The number of rotatable bonds is 4. The highest BCUT2D eigenvalue weighted by molar-refractivity contribution is 5.99. The molecular formula is C22H25N3O3. The van der Waals surface area contributed by atoms with E-state index in [2.05, 4.69) is 10.6 Å². The summed E-state index contributed by atoms with van der Waals surface area (Å²) in [7, 11) is 0. The molecule has 2 aromatic carbocycles. The van der Waals surface area contributed by atoms with Gasteiger partial charge in [0.1, 0.15) is 5.75 Å². The number of carbonyl (C=O) groups excluding carboxylic acids is 2. The minimum Gasteiger partial charge on any atom is -0.482 e. The SMILES string of the molecule is O=C(Nc1ccc2c(c1)N(Cc1ccccc1)C(=O)CO2)NC1CCCCC1. The fraction of sp³-hybridized carbons (Fsp3) is 0.364. The van der Waals surface area contributed by atoms with Crippen molar-refractivity contribution in [3.05, 3.63) is 54.1 Å². The molecule has 2 aromatic rings. The Morgan fingerprint density at radius 1 is 1.07 bits per heavy atom. The van der Waals surface area contributed by atoms with Gasteiger partial charge in [0.05, 0.1) is 12.2 Å². The monoisotopic (exact) mass is 379 g/mol. The number of benzene rings is 2. The molecule has 0 saturated heterocycles. The highest BCUT2D eigenvalue weighted by atomic mass is 16.5. The Morgan fingerprint density at radius 2 is 1.86 bits per heavy atom. The zero-order chi connectivity index (χ0) is 19.3. The van der Waals surface area contributed by atoms with Crippen LogP contribution in [0.4, 0.5) is 16.2 Å². The predicted molar refractivity (Wildman–Crippen MR) is 109 cm³/mol. The van der Waals surface area contributed by atoms with E-state index in [0.717, 1.165) is 31.2 Å². The van der Waals surface area contributed by atoms with Gasteiger partial charge < -0.3 is 20.3 Å². The zero-order valence-corrected chi connectivity index (χ0v) is 15.8. The molecule has 1 aliphatic heterocycles. The summed E-state index contributed by atoms with van der Waals surface area (Å²) in [6.45, 7) is 0.489. The van der Waals surface area contributed by atoms with E-state index in [1.54, 1.807) is 23.1 Å². The van der Waals surface area contributed by atoms with Crippen molar-refractivity contribution in [2.45, 2.75) is 44.7 Å². The molecule has 0 atom stereocenters. The van der Waals surface area contributed by atoms with Gasteiger partial charge in [-0.2, -0.15) is 0 Å². The molecule has 6 nitrogen and oxygen atoms in total. The summed E-state index contributed by atoms with van der Waals surface area (Å²) in [4.78, 5) is 26.5. The van der Waals surface area contributed by atoms with Crippen molar-refractivity contribution in [3.8, 4) is 5.75 Å². The van der Waals surface area contributed by atoms with Crippen LogP contribution in [0, 0.1) is 0 Å². The van der Waals surface area contributed by atoms with Gasteiger partial charge in [-0.15, -0.1) is 0 Å². The Balaban J connectivity index is 1.49. The van der Waals surface area contributed by atoms with Crippen LogP contribution in [0.25, 0.3) is 0 Å². The van der Waals surface area contributed by atoms with E-state index in [-0.39, 0.29) is 24.6 Å². The summed E-state index contributed by atoms with van der Waals surface area (Å²) in [6.07, 6.45) is 5.64. The average Bonchev–Trinajstić information content (AvgIpc) is 2.72. The van der Waals surface area contributed by atoms with Gasteiger partial charge in [0.2, 0.25) is 0 Å². The molecule has 6 heteroatoms. The van der Waals surface area contributed by atoms with Crippen LogP contribution in [0.5, 0.6) is 5.75 Å². The topological polar surface area (TPSA) is 70.7 Å². The van der Waals surface area contributed by atoms with Gasteiger partial charge in [-0.1, -0.05) is 49.6 Å². The molecule has 146 valence electrons. The highest BCUT2D eigenvalue weighted by Crippen LogP contribution is 2.35. The first-order chi connectivity index (χ1) is 13.7. The second kappa shape index (κ2) is 8.33. The molecule has 4 rings (SSSR count). The largest absolute Gasteiger partial charge is 0.482 e.